The summed E-state index contributed by atoms with van der Waals surface area (Å²) in [6.45, 7) is 7.37. The van der Waals surface area contributed by atoms with Crippen LogP contribution in [0.1, 0.15) is 44.2 Å². The fourth-order valence-electron chi connectivity index (χ4n) is 2.62. The van der Waals surface area contributed by atoms with Crippen molar-refractivity contribution in [1.82, 2.24) is 5.32 Å². The van der Waals surface area contributed by atoms with E-state index in [4.69, 9.17) is 4.74 Å². The third-order valence-electron chi connectivity index (χ3n) is 3.77. The molecule has 2 rings (SSSR count). The molecule has 1 aliphatic rings. The van der Waals surface area contributed by atoms with Crippen molar-refractivity contribution in [3.8, 4) is 5.75 Å². The van der Waals surface area contributed by atoms with Gasteiger partial charge >= 0.3 is 0 Å². The molecule has 106 valence electrons. The van der Waals surface area contributed by atoms with E-state index in [9.17, 15) is 0 Å². The van der Waals surface area contributed by atoms with Gasteiger partial charge in [0.15, 0.2) is 0 Å². The van der Waals surface area contributed by atoms with E-state index < -0.39 is 0 Å². The van der Waals surface area contributed by atoms with Crippen LogP contribution < -0.4 is 10.1 Å². The first kappa shape index (κ1) is 14.4. The second-order valence-corrected chi connectivity index (χ2v) is 5.76. The molecule has 0 bridgehead atoms. The van der Waals surface area contributed by atoms with E-state index in [0.29, 0.717) is 5.92 Å². The lowest BCUT2D eigenvalue weighted by molar-refractivity contribution is 0.255. The smallest absolute Gasteiger partial charge is 0.119 e. The number of hydrogen-bond donors (Lipinski definition) is 1. The highest BCUT2D eigenvalue weighted by atomic mass is 16.5. The number of rotatable bonds is 7. The third-order valence-corrected chi connectivity index (χ3v) is 3.77. The van der Waals surface area contributed by atoms with Crippen molar-refractivity contribution in [2.45, 2.75) is 46.0 Å². The number of ether oxygens (including phenoxy) is 1. The molecule has 0 spiro atoms. The Morgan fingerprint density at radius 1 is 1.21 bits per heavy atom. The largest absolute Gasteiger partial charge is 0.493 e. The van der Waals surface area contributed by atoms with Gasteiger partial charge in [-0.15, -0.1) is 0 Å². The molecular weight excluding hydrogens is 234 g/mol. The Morgan fingerprint density at radius 3 is 2.79 bits per heavy atom. The summed E-state index contributed by atoms with van der Waals surface area (Å²) in [6, 6.07) is 6.64. The normalized spacial score (nSPS) is 15.9. The molecule has 1 aromatic rings. The maximum atomic E-state index is 5.92. The first-order valence-electron chi connectivity index (χ1n) is 7.75. The number of nitrogens with one attached hydrogen (secondary N) is 1. The lowest BCUT2D eigenvalue weighted by Gasteiger charge is -2.18. The van der Waals surface area contributed by atoms with Crippen molar-refractivity contribution in [3.05, 3.63) is 29.3 Å². The van der Waals surface area contributed by atoms with Crippen LogP contribution in [-0.4, -0.2) is 19.7 Å². The number of aryl methyl sites for hydroxylation is 2. The molecule has 0 amide bonds. The molecule has 0 saturated carbocycles. The molecule has 2 heteroatoms. The van der Waals surface area contributed by atoms with Crippen LogP contribution in [-0.2, 0) is 12.8 Å². The predicted octanol–water partition coefficient (Wildman–Crippen LogP) is 3.58. The van der Waals surface area contributed by atoms with Gasteiger partial charge in [-0.2, -0.15) is 0 Å². The molecule has 1 atom stereocenters. The molecule has 0 aliphatic heterocycles. The minimum absolute atomic E-state index is 0.558. The Labute approximate surface area is 117 Å². The summed E-state index contributed by atoms with van der Waals surface area (Å²) in [5, 5.41) is 3.44. The summed E-state index contributed by atoms with van der Waals surface area (Å²) >= 11 is 0. The minimum atomic E-state index is 0.558. The summed E-state index contributed by atoms with van der Waals surface area (Å²) in [4.78, 5) is 0. The van der Waals surface area contributed by atoms with Gasteiger partial charge in [0.2, 0.25) is 0 Å². The minimum Gasteiger partial charge on any atom is -0.493 e. The van der Waals surface area contributed by atoms with E-state index in [1.165, 1.54) is 43.2 Å². The number of benzene rings is 1. The highest BCUT2D eigenvalue weighted by Crippen LogP contribution is 2.25. The summed E-state index contributed by atoms with van der Waals surface area (Å²) in [5.41, 5.74) is 3.02. The van der Waals surface area contributed by atoms with E-state index >= 15 is 0 Å². The lowest BCUT2D eigenvalue weighted by atomic mass is 9.92. The van der Waals surface area contributed by atoms with Crippen molar-refractivity contribution in [2.24, 2.45) is 5.92 Å². The monoisotopic (exact) mass is 261 g/mol. The number of hydrogen-bond acceptors (Lipinski definition) is 2. The van der Waals surface area contributed by atoms with Gasteiger partial charge in [-0.05, 0) is 61.9 Å². The SMILES string of the molecule is CCCNCC(C)COc1ccc2c(c1)CCCC2. The second kappa shape index (κ2) is 7.54. The molecule has 1 aromatic carbocycles. The topological polar surface area (TPSA) is 21.3 Å². The second-order valence-electron chi connectivity index (χ2n) is 5.76. The molecule has 0 fully saturated rings. The molecule has 19 heavy (non-hydrogen) atoms. The average Bonchev–Trinajstić information content (AvgIpc) is 2.45. The van der Waals surface area contributed by atoms with Crippen LogP contribution in [0, 0.1) is 5.92 Å². The molecule has 1 N–H and O–H groups in total. The van der Waals surface area contributed by atoms with Gasteiger partial charge in [-0.3, -0.25) is 0 Å². The van der Waals surface area contributed by atoms with Gasteiger partial charge in [0.05, 0.1) is 6.61 Å². The Balaban J connectivity index is 1.79. The van der Waals surface area contributed by atoms with Crippen LogP contribution in [0.15, 0.2) is 18.2 Å². The maximum absolute atomic E-state index is 5.92. The highest BCUT2D eigenvalue weighted by Gasteiger charge is 2.10. The first-order chi connectivity index (χ1) is 9.29. The van der Waals surface area contributed by atoms with Gasteiger partial charge in [-0.25, -0.2) is 0 Å². The van der Waals surface area contributed by atoms with E-state index in [2.05, 4.69) is 37.4 Å². The molecule has 2 nitrogen and oxygen atoms in total. The molecule has 0 radical (unpaired) electrons. The molecule has 0 aromatic heterocycles. The molecule has 0 heterocycles. The Hall–Kier alpha value is -1.02. The van der Waals surface area contributed by atoms with Crippen molar-refractivity contribution < 1.29 is 4.74 Å². The summed E-state index contributed by atoms with van der Waals surface area (Å²) in [5.74, 6) is 1.60. The van der Waals surface area contributed by atoms with Crippen LogP contribution in [0.5, 0.6) is 5.75 Å². The Bertz CT molecular complexity index is 389. The van der Waals surface area contributed by atoms with Gasteiger partial charge in [0.1, 0.15) is 5.75 Å². The van der Waals surface area contributed by atoms with Crippen LogP contribution in [0.4, 0.5) is 0 Å². The Morgan fingerprint density at radius 2 is 2.00 bits per heavy atom. The van der Waals surface area contributed by atoms with Crippen LogP contribution in [0.25, 0.3) is 0 Å². The van der Waals surface area contributed by atoms with E-state index in [0.717, 1.165) is 25.4 Å². The van der Waals surface area contributed by atoms with Crippen molar-refractivity contribution in [3.63, 3.8) is 0 Å². The quantitative estimate of drug-likeness (QED) is 0.758. The maximum Gasteiger partial charge on any atom is 0.119 e. The van der Waals surface area contributed by atoms with E-state index in [1.54, 1.807) is 0 Å². The van der Waals surface area contributed by atoms with Gasteiger partial charge in [0.25, 0.3) is 0 Å². The highest BCUT2D eigenvalue weighted by molar-refractivity contribution is 5.37. The molecular formula is C17H27NO. The van der Waals surface area contributed by atoms with Crippen LogP contribution in [0.3, 0.4) is 0 Å². The molecule has 1 unspecified atom stereocenters. The van der Waals surface area contributed by atoms with Gasteiger partial charge < -0.3 is 10.1 Å². The first-order valence-corrected chi connectivity index (χ1v) is 7.75. The summed E-state index contributed by atoms with van der Waals surface area (Å²) < 4.78 is 5.92. The van der Waals surface area contributed by atoms with Gasteiger partial charge in [-0.1, -0.05) is 19.9 Å². The zero-order valence-corrected chi connectivity index (χ0v) is 12.4. The fourth-order valence-corrected chi connectivity index (χ4v) is 2.62. The van der Waals surface area contributed by atoms with Crippen molar-refractivity contribution >= 4 is 0 Å². The number of fused-ring (bicyclic) bond motifs is 1. The lowest BCUT2D eigenvalue weighted by Crippen LogP contribution is -2.25. The Kier molecular flexibility index (Phi) is 5.71. The van der Waals surface area contributed by atoms with Crippen LogP contribution >= 0.6 is 0 Å². The zero-order chi connectivity index (χ0) is 13.5. The molecule has 0 saturated heterocycles. The standard InChI is InChI=1S/C17H27NO/c1-3-10-18-12-14(2)13-19-17-9-8-15-6-4-5-7-16(15)11-17/h8-9,11,14,18H,3-7,10,12-13H2,1-2H3. The summed E-state index contributed by atoms with van der Waals surface area (Å²) in [7, 11) is 0. The van der Waals surface area contributed by atoms with Crippen LogP contribution in [0.2, 0.25) is 0 Å². The molecule has 1 aliphatic carbocycles. The van der Waals surface area contributed by atoms with Gasteiger partial charge in [0, 0.05) is 12.5 Å². The zero-order valence-electron chi connectivity index (χ0n) is 12.4. The average molecular weight is 261 g/mol. The van der Waals surface area contributed by atoms with E-state index in [1.807, 2.05) is 0 Å². The third kappa shape index (κ3) is 4.54. The van der Waals surface area contributed by atoms with E-state index in [-0.39, 0.29) is 0 Å². The fraction of sp³-hybridized carbons (Fsp3) is 0.647. The summed E-state index contributed by atoms with van der Waals surface area (Å²) in [6.07, 6.45) is 6.33. The van der Waals surface area contributed by atoms with Crippen molar-refractivity contribution in [1.29, 1.82) is 0 Å². The predicted molar refractivity (Wildman–Crippen MR) is 80.9 cm³/mol. The van der Waals surface area contributed by atoms with Crippen molar-refractivity contribution in [2.75, 3.05) is 19.7 Å².